The highest BCUT2D eigenvalue weighted by Gasteiger charge is 2.26. The fourth-order valence-corrected chi connectivity index (χ4v) is 3.17. The Labute approximate surface area is 140 Å². The molecular weight excluding hydrogens is 308 g/mol. The first-order valence-corrected chi connectivity index (χ1v) is 8.51. The van der Waals surface area contributed by atoms with E-state index < -0.39 is 0 Å². The molecule has 0 atom stereocenters. The second-order valence-corrected chi connectivity index (χ2v) is 6.30. The summed E-state index contributed by atoms with van der Waals surface area (Å²) in [5.74, 6) is 0.782. The highest BCUT2D eigenvalue weighted by molar-refractivity contribution is 8.15. The van der Waals surface area contributed by atoms with Crippen LogP contribution in [0.4, 0.5) is 0 Å². The van der Waals surface area contributed by atoms with Gasteiger partial charge in [0.05, 0.1) is 0 Å². The van der Waals surface area contributed by atoms with Crippen LogP contribution in [-0.4, -0.2) is 28.1 Å². The number of rotatable bonds is 5. The van der Waals surface area contributed by atoms with Crippen LogP contribution in [0.5, 0.6) is 0 Å². The number of hydrogen-bond acceptors (Lipinski definition) is 4. The molecule has 0 N–H and O–H groups in total. The smallest absolute Gasteiger partial charge is 0.282 e. The molecule has 1 aliphatic rings. The molecule has 0 spiro atoms. The predicted molar refractivity (Wildman–Crippen MR) is 93.0 cm³/mol. The van der Waals surface area contributed by atoms with Crippen LogP contribution in [-0.2, 0) is 22.8 Å². The molecule has 118 valence electrons. The lowest BCUT2D eigenvalue weighted by molar-refractivity contribution is -0.124. The van der Waals surface area contributed by atoms with E-state index in [2.05, 4.69) is 5.16 Å². The number of benzene rings is 2. The minimum atomic E-state index is -0.0573. The van der Waals surface area contributed by atoms with Crippen LogP contribution in [0.25, 0.3) is 0 Å². The molecule has 0 bridgehead atoms. The summed E-state index contributed by atoms with van der Waals surface area (Å²) in [5, 5.41) is 4.47. The van der Waals surface area contributed by atoms with E-state index in [0.717, 1.165) is 23.4 Å². The number of thioether (sulfide) groups is 1. The number of amides is 1. The lowest BCUT2D eigenvalue weighted by atomic mass is 10.2. The summed E-state index contributed by atoms with van der Waals surface area (Å²) in [6, 6.07) is 19.8. The van der Waals surface area contributed by atoms with Crippen molar-refractivity contribution in [2.75, 3.05) is 12.3 Å². The monoisotopic (exact) mass is 326 g/mol. The fourth-order valence-electron chi connectivity index (χ4n) is 2.31. The number of oxime groups is 1. The lowest BCUT2D eigenvalue weighted by Crippen LogP contribution is -2.40. The Balaban J connectivity index is 1.59. The zero-order chi connectivity index (χ0) is 15.9. The molecular formula is C18H18N2O2S. The van der Waals surface area contributed by atoms with Crippen molar-refractivity contribution in [1.29, 1.82) is 0 Å². The van der Waals surface area contributed by atoms with Gasteiger partial charge < -0.3 is 9.74 Å². The average Bonchev–Trinajstić information content (AvgIpc) is 2.60. The normalized spacial score (nSPS) is 16.6. The Hall–Kier alpha value is -2.27. The molecule has 1 saturated heterocycles. The summed E-state index contributed by atoms with van der Waals surface area (Å²) < 4.78 is 0. The van der Waals surface area contributed by atoms with Crippen LogP contribution < -0.4 is 0 Å². The van der Waals surface area contributed by atoms with Gasteiger partial charge in [-0.05, 0) is 11.1 Å². The summed E-state index contributed by atoms with van der Waals surface area (Å²) in [6.45, 7) is 1.71. The molecule has 1 aliphatic heterocycles. The highest BCUT2D eigenvalue weighted by Crippen LogP contribution is 2.18. The maximum Gasteiger partial charge on any atom is 0.282 e. The molecule has 1 amide bonds. The average molecular weight is 326 g/mol. The van der Waals surface area contributed by atoms with Gasteiger partial charge in [0.1, 0.15) is 6.61 Å². The number of carbonyl (C=O) groups excluding carboxylic acids is 1. The second kappa shape index (κ2) is 7.83. The molecule has 23 heavy (non-hydrogen) atoms. The SMILES string of the molecule is O=C1/C(=N\OCc2ccccc2)SCCN1Cc1ccccc1. The van der Waals surface area contributed by atoms with Crippen molar-refractivity contribution in [1.82, 2.24) is 4.90 Å². The minimum absolute atomic E-state index is 0.0573. The van der Waals surface area contributed by atoms with E-state index in [0.29, 0.717) is 18.2 Å². The van der Waals surface area contributed by atoms with Crippen LogP contribution in [0.2, 0.25) is 0 Å². The third-order valence-corrected chi connectivity index (χ3v) is 4.42. The van der Waals surface area contributed by atoms with Gasteiger partial charge in [-0.15, -0.1) is 0 Å². The first-order valence-electron chi connectivity index (χ1n) is 7.53. The fraction of sp³-hybridized carbons (Fsp3) is 0.222. The van der Waals surface area contributed by atoms with Gasteiger partial charge in [-0.3, -0.25) is 4.79 Å². The van der Waals surface area contributed by atoms with Crippen LogP contribution in [0, 0.1) is 0 Å². The largest absolute Gasteiger partial charge is 0.390 e. The number of hydrogen-bond donors (Lipinski definition) is 0. The second-order valence-electron chi connectivity index (χ2n) is 5.22. The van der Waals surface area contributed by atoms with E-state index in [1.54, 1.807) is 0 Å². The molecule has 2 aromatic carbocycles. The Bertz CT molecular complexity index is 674. The standard InChI is InChI=1S/C18H18N2O2S/c21-18-17(19-22-14-16-9-5-2-6-10-16)23-12-11-20(18)13-15-7-3-1-4-8-15/h1-10H,11-14H2/b19-17+. The summed E-state index contributed by atoms with van der Waals surface area (Å²) in [5.41, 5.74) is 2.16. The van der Waals surface area contributed by atoms with E-state index >= 15 is 0 Å². The van der Waals surface area contributed by atoms with Gasteiger partial charge in [0.2, 0.25) is 5.04 Å². The van der Waals surface area contributed by atoms with Crippen LogP contribution in [0.3, 0.4) is 0 Å². The summed E-state index contributed by atoms with van der Waals surface area (Å²) in [4.78, 5) is 19.6. The topological polar surface area (TPSA) is 41.9 Å². The molecule has 5 heteroatoms. The van der Waals surface area contributed by atoms with Crippen molar-refractivity contribution in [2.45, 2.75) is 13.2 Å². The van der Waals surface area contributed by atoms with Gasteiger partial charge in [-0.1, -0.05) is 77.6 Å². The van der Waals surface area contributed by atoms with E-state index in [-0.39, 0.29) is 5.91 Å². The van der Waals surface area contributed by atoms with Gasteiger partial charge in [0, 0.05) is 18.8 Å². The predicted octanol–water partition coefficient (Wildman–Crippen LogP) is 3.29. The van der Waals surface area contributed by atoms with Crippen molar-refractivity contribution in [3.05, 3.63) is 71.8 Å². The third kappa shape index (κ3) is 4.36. The Morgan fingerprint density at radius 2 is 1.65 bits per heavy atom. The van der Waals surface area contributed by atoms with Crippen LogP contribution in [0.1, 0.15) is 11.1 Å². The molecule has 0 unspecified atom stereocenters. The quantitative estimate of drug-likeness (QED) is 0.792. The molecule has 1 heterocycles. The van der Waals surface area contributed by atoms with Crippen molar-refractivity contribution in [3.63, 3.8) is 0 Å². The van der Waals surface area contributed by atoms with E-state index in [9.17, 15) is 4.79 Å². The summed E-state index contributed by atoms with van der Waals surface area (Å²) in [7, 11) is 0. The highest BCUT2D eigenvalue weighted by atomic mass is 32.2. The van der Waals surface area contributed by atoms with Gasteiger partial charge in [-0.25, -0.2) is 0 Å². The molecule has 1 fully saturated rings. The molecule has 3 rings (SSSR count). The Morgan fingerprint density at radius 1 is 1.00 bits per heavy atom. The minimum Gasteiger partial charge on any atom is -0.390 e. The van der Waals surface area contributed by atoms with Gasteiger partial charge >= 0.3 is 0 Å². The van der Waals surface area contributed by atoms with Gasteiger partial charge in [-0.2, -0.15) is 0 Å². The van der Waals surface area contributed by atoms with Crippen LogP contribution >= 0.6 is 11.8 Å². The first kappa shape index (κ1) is 15.6. The Morgan fingerprint density at radius 3 is 2.35 bits per heavy atom. The molecule has 0 saturated carbocycles. The number of carbonyl (C=O) groups is 1. The summed E-state index contributed by atoms with van der Waals surface area (Å²) >= 11 is 1.45. The van der Waals surface area contributed by atoms with Crippen molar-refractivity contribution < 1.29 is 9.63 Å². The van der Waals surface area contributed by atoms with Gasteiger partial charge in [0.25, 0.3) is 5.91 Å². The van der Waals surface area contributed by atoms with Crippen molar-refractivity contribution in [2.24, 2.45) is 5.16 Å². The Kier molecular flexibility index (Phi) is 5.32. The molecule has 0 aromatic heterocycles. The van der Waals surface area contributed by atoms with E-state index in [4.69, 9.17) is 4.84 Å². The maximum atomic E-state index is 12.5. The van der Waals surface area contributed by atoms with Crippen molar-refractivity contribution in [3.8, 4) is 0 Å². The third-order valence-electron chi connectivity index (χ3n) is 3.51. The maximum absolute atomic E-state index is 12.5. The summed E-state index contributed by atoms with van der Waals surface area (Å²) in [6.07, 6.45) is 0. The van der Waals surface area contributed by atoms with Crippen molar-refractivity contribution >= 4 is 22.7 Å². The molecule has 0 aliphatic carbocycles. The van der Waals surface area contributed by atoms with Crippen LogP contribution in [0.15, 0.2) is 65.8 Å². The van der Waals surface area contributed by atoms with E-state index in [1.165, 1.54) is 11.8 Å². The molecule has 0 radical (unpaired) electrons. The number of nitrogens with zero attached hydrogens (tertiary/aromatic N) is 2. The van der Waals surface area contributed by atoms with Gasteiger partial charge in [0.15, 0.2) is 0 Å². The lowest BCUT2D eigenvalue weighted by Gasteiger charge is -2.26. The zero-order valence-corrected chi connectivity index (χ0v) is 13.5. The first-order chi connectivity index (χ1) is 11.3. The zero-order valence-electron chi connectivity index (χ0n) is 12.7. The molecule has 4 nitrogen and oxygen atoms in total. The van der Waals surface area contributed by atoms with E-state index in [1.807, 2.05) is 65.6 Å². The molecule has 2 aromatic rings.